The van der Waals surface area contributed by atoms with Crippen LogP contribution in [0.3, 0.4) is 0 Å². The quantitative estimate of drug-likeness (QED) is 0.657. The number of nitrogens with two attached hydrogens (primary N) is 1. The maximum absolute atomic E-state index is 12.0. The maximum atomic E-state index is 12.0. The Hall–Kier alpha value is -1.99. The van der Waals surface area contributed by atoms with E-state index in [2.05, 4.69) is 20.5 Å². The third kappa shape index (κ3) is 6.43. The lowest BCUT2D eigenvalue weighted by atomic mass is 10.0. The van der Waals surface area contributed by atoms with Crippen LogP contribution in [-0.4, -0.2) is 53.4 Å². The van der Waals surface area contributed by atoms with Crippen molar-refractivity contribution in [2.75, 3.05) is 19.6 Å². The van der Waals surface area contributed by atoms with E-state index in [1.807, 2.05) is 38.2 Å². The highest BCUT2D eigenvalue weighted by atomic mass is 16.2. The largest absolute Gasteiger partial charge is 0.352 e. The van der Waals surface area contributed by atoms with E-state index >= 15 is 0 Å². The first-order valence-electron chi connectivity index (χ1n) is 8.90. The van der Waals surface area contributed by atoms with Crippen molar-refractivity contribution in [3.63, 3.8) is 0 Å². The van der Waals surface area contributed by atoms with Crippen LogP contribution in [0.25, 0.3) is 0 Å². The molecule has 0 radical (unpaired) electrons. The number of carbonyl (C=O) groups excluding carboxylic acids is 2. The Labute approximate surface area is 149 Å². The van der Waals surface area contributed by atoms with E-state index in [-0.39, 0.29) is 30.3 Å². The zero-order valence-electron chi connectivity index (χ0n) is 15.1. The van der Waals surface area contributed by atoms with Gasteiger partial charge in [0.15, 0.2) is 0 Å². The monoisotopic (exact) mass is 347 g/mol. The summed E-state index contributed by atoms with van der Waals surface area (Å²) in [5, 5.41) is 5.59. The highest BCUT2D eigenvalue weighted by Crippen LogP contribution is 2.12. The Morgan fingerprint density at radius 1 is 1.32 bits per heavy atom. The molecule has 2 rings (SSSR count). The standard InChI is InChI=1S/C18H29N5O2/c1-13(2)17(19)18(25)21-11-16(24)22-14-6-9-23(10-7-14)12-15-5-3-4-8-20-15/h3-5,8,13-14,17H,6-7,9-12,19H2,1-2H3,(H,21,25)(H,22,24)/t17-/m0/s1. The first-order chi connectivity index (χ1) is 12.0. The Kier molecular flexibility index (Phi) is 7.33. The predicted octanol–water partition coefficient (Wildman–Crippen LogP) is 0.262. The van der Waals surface area contributed by atoms with E-state index in [0.717, 1.165) is 38.2 Å². The molecule has 0 aliphatic carbocycles. The minimum atomic E-state index is -0.581. The molecule has 1 fully saturated rings. The molecule has 7 nitrogen and oxygen atoms in total. The van der Waals surface area contributed by atoms with Gasteiger partial charge < -0.3 is 16.4 Å². The molecular formula is C18H29N5O2. The molecule has 0 bridgehead atoms. The number of hydrogen-bond acceptors (Lipinski definition) is 5. The minimum Gasteiger partial charge on any atom is -0.352 e. The highest BCUT2D eigenvalue weighted by molar-refractivity contribution is 5.87. The van der Waals surface area contributed by atoms with Gasteiger partial charge in [0.25, 0.3) is 0 Å². The fraction of sp³-hybridized carbons (Fsp3) is 0.611. The summed E-state index contributed by atoms with van der Waals surface area (Å²) in [4.78, 5) is 30.4. The van der Waals surface area contributed by atoms with Crippen molar-refractivity contribution in [3.05, 3.63) is 30.1 Å². The summed E-state index contributed by atoms with van der Waals surface area (Å²) in [6.07, 6.45) is 3.61. The molecular weight excluding hydrogens is 318 g/mol. The van der Waals surface area contributed by atoms with Gasteiger partial charge in [-0.2, -0.15) is 0 Å². The van der Waals surface area contributed by atoms with Gasteiger partial charge in [-0.25, -0.2) is 0 Å². The molecule has 7 heteroatoms. The molecule has 0 unspecified atom stereocenters. The average Bonchev–Trinajstić information content (AvgIpc) is 2.61. The van der Waals surface area contributed by atoms with Gasteiger partial charge in [-0.15, -0.1) is 0 Å². The zero-order chi connectivity index (χ0) is 18.2. The molecule has 25 heavy (non-hydrogen) atoms. The molecule has 0 saturated carbocycles. The normalized spacial score (nSPS) is 17.3. The predicted molar refractivity (Wildman–Crippen MR) is 96.5 cm³/mol. The van der Waals surface area contributed by atoms with Crippen LogP contribution >= 0.6 is 0 Å². The molecule has 4 N–H and O–H groups in total. The number of rotatable bonds is 7. The fourth-order valence-corrected chi connectivity index (χ4v) is 2.82. The van der Waals surface area contributed by atoms with E-state index < -0.39 is 6.04 Å². The van der Waals surface area contributed by atoms with Gasteiger partial charge in [0.1, 0.15) is 0 Å². The lowest BCUT2D eigenvalue weighted by Crippen LogP contribution is -2.50. The Balaban J connectivity index is 1.66. The molecule has 138 valence electrons. The molecule has 2 amide bonds. The topological polar surface area (TPSA) is 100 Å². The van der Waals surface area contributed by atoms with Gasteiger partial charge >= 0.3 is 0 Å². The Morgan fingerprint density at radius 2 is 2.04 bits per heavy atom. The highest BCUT2D eigenvalue weighted by Gasteiger charge is 2.22. The molecule has 2 heterocycles. The molecule has 0 spiro atoms. The lowest BCUT2D eigenvalue weighted by molar-refractivity contribution is -0.127. The molecule has 0 aromatic carbocycles. The SMILES string of the molecule is CC(C)[C@H](N)C(=O)NCC(=O)NC1CCN(Cc2ccccn2)CC1. The van der Waals surface area contributed by atoms with Gasteiger partial charge in [0, 0.05) is 31.9 Å². The summed E-state index contributed by atoms with van der Waals surface area (Å²) >= 11 is 0. The van der Waals surface area contributed by atoms with Crippen molar-refractivity contribution in [1.82, 2.24) is 20.5 Å². The number of amides is 2. The summed E-state index contributed by atoms with van der Waals surface area (Å²) < 4.78 is 0. The van der Waals surface area contributed by atoms with Crippen LogP contribution in [-0.2, 0) is 16.1 Å². The van der Waals surface area contributed by atoms with Crippen molar-refractivity contribution in [2.45, 2.75) is 45.3 Å². The summed E-state index contributed by atoms with van der Waals surface area (Å²) in [6, 6.07) is 5.51. The second-order valence-corrected chi connectivity index (χ2v) is 6.93. The summed E-state index contributed by atoms with van der Waals surface area (Å²) in [5.74, 6) is -0.394. The number of piperidine rings is 1. The van der Waals surface area contributed by atoms with Crippen LogP contribution in [0.5, 0.6) is 0 Å². The third-order valence-electron chi connectivity index (χ3n) is 4.51. The van der Waals surface area contributed by atoms with E-state index in [0.29, 0.717) is 0 Å². The lowest BCUT2D eigenvalue weighted by Gasteiger charge is -2.32. The number of nitrogens with one attached hydrogen (secondary N) is 2. The first kappa shape index (κ1) is 19.3. The second-order valence-electron chi connectivity index (χ2n) is 6.93. The second kappa shape index (κ2) is 9.48. The zero-order valence-corrected chi connectivity index (χ0v) is 15.1. The van der Waals surface area contributed by atoms with Crippen LogP contribution in [0.15, 0.2) is 24.4 Å². The average molecular weight is 347 g/mol. The van der Waals surface area contributed by atoms with Crippen molar-refractivity contribution in [1.29, 1.82) is 0 Å². The number of hydrogen-bond donors (Lipinski definition) is 3. The fourth-order valence-electron chi connectivity index (χ4n) is 2.82. The number of pyridine rings is 1. The van der Waals surface area contributed by atoms with Crippen molar-refractivity contribution in [2.24, 2.45) is 11.7 Å². The smallest absolute Gasteiger partial charge is 0.239 e. The Bertz CT molecular complexity index is 556. The van der Waals surface area contributed by atoms with Crippen LogP contribution < -0.4 is 16.4 Å². The van der Waals surface area contributed by atoms with Gasteiger partial charge in [0.2, 0.25) is 11.8 Å². The summed E-state index contributed by atoms with van der Waals surface area (Å²) in [7, 11) is 0. The van der Waals surface area contributed by atoms with E-state index in [1.54, 1.807) is 0 Å². The molecule has 1 aliphatic heterocycles. The van der Waals surface area contributed by atoms with Crippen LogP contribution in [0.4, 0.5) is 0 Å². The van der Waals surface area contributed by atoms with Crippen molar-refractivity contribution >= 4 is 11.8 Å². The van der Waals surface area contributed by atoms with Crippen LogP contribution in [0.1, 0.15) is 32.4 Å². The number of aromatic nitrogens is 1. The number of carbonyl (C=O) groups is 2. The van der Waals surface area contributed by atoms with Crippen molar-refractivity contribution in [3.8, 4) is 0 Å². The van der Waals surface area contributed by atoms with Gasteiger partial charge in [-0.1, -0.05) is 19.9 Å². The minimum absolute atomic E-state index is 0.0204. The van der Waals surface area contributed by atoms with Crippen LogP contribution in [0, 0.1) is 5.92 Å². The first-order valence-corrected chi connectivity index (χ1v) is 8.90. The van der Waals surface area contributed by atoms with Crippen LogP contribution in [0.2, 0.25) is 0 Å². The van der Waals surface area contributed by atoms with E-state index in [9.17, 15) is 9.59 Å². The van der Waals surface area contributed by atoms with E-state index in [1.165, 1.54) is 0 Å². The van der Waals surface area contributed by atoms with E-state index in [4.69, 9.17) is 5.73 Å². The molecule has 1 saturated heterocycles. The third-order valence-corrected chi connectivity index (χ3v) is 4.51. The van der Waals surface area contributed by atoms with Gasteiger partial charge in [-0.05, 0) is 30.9 Å². The van der Waals surface area contributed by atoms with Crippen molar-refractivity contribution < 1.29 is 9.59 Å². The van der Waals surface area contributed by atoms with Gasteiger partial charge in [-0.3, -0.25) is 19.5 Å². The molecule has 1 atom stereocenters. The number of likely N-dealkylation sites (tertiary alicyclic amines) is 1. The summed E-state index contributed by atoms with van der Waals surface area (Å²) in [6.45, 7) is 6.42. The number of nitrogens with zero attached hydrogens (tertiary/aromatic N) is 2. The summed E-state index contributed by atoms with van der Waals surface area (Å²) in [5.41, 5.74) is 6.82. The molecule has 1 aromatic rings. The molecule has 1 aromatic heterocycles. The Morgan fingerprint density at radius 3 is 2.64 bits per heavy atom. The maximum Gasteiger partial charge on any atom is 0.239 e. The van der Waals surface area contributed by atoms with Gasteiger partial charge in [0.05, 0.1) is 18.3 Å². The molecule has 1 aliphatic rings.